The molecule has 0 unspecified atom stereocenters. The minimum absolute atomic E-state index is 0.194. The van der Waals surface area contributed by atoms with Gasteiger partial charge >= 0.3 is 18.4 Å². The van der Waals surface area contributed by atoms with Crippen molar-refractivity contribution in [3.63, 3.8) is 0 Å². The van der Waals surface area contributed by atoms with Crippen molar-refractivity contribution < 1.29 is 35.9 Å². The SMILES string of the molecule is C[C@@H]1CN(C(=O)OC(C)(C)C)[C@@H](C)CN1C(c1ccc(C(F)(F)F)cn1)c1ccc(C(F)(F)F)cn1. The van der Waals surface area contributed by atoms with Crippen molar-refractivity contribution in [3.8, 4) is 0 Å². The zero-order valence-electron chi connectivity index (χ0n) is 20.5. The van der Waals surface area contributed by atoms with E-state index in [1.54, 1.807) is 32.6 Å². The van der Waals surface area contributed by atoms with Gasteiger partial charge in [0.2, 0.25) is 0 Å². The average Bonchev–Trinajstić information content (AvgIpc) is 2.74. The molecule has 1 amide bonds. The fraction of sp³-hybridized carbons (Fsp3) is 0.542. The maximum absolute atomic E-state index is 13.1. The van der Waals surface area contributed by atoms with E-state index in [9.17, 15) is 31.1 Å². The van der Waals surface area contributed by atoms with Crippen molar-refractivity contribution in [1.82, 2.24) is 19.8 Å². The zero-order chi connectivity index (χ0) is 27.1. The molecule has 0 aliphatic carbocycles. The Kier molecular flexibility index (Phi) is 7.59. The fourth-order valence-corrected chi connectivity index (χ4v) is 4.05. The highest BCUT2D eigenvalue weighted by molar-refractivity contribution is 5.68. The molecule has 1 aliphatic rings. The molecule has 6 nitrogen and oxygen atoms in total. The quantitative estimate of drug-likeness (QED) is 0.472. The van der Waals surface area contributed by atoms with Gasteiger partial charge in [0, 0.05) is 37.6 Å². The summed E-state index contributed by atoms with van der Waals surface area (Å²) in [5.74, 6) is 0. The van der Waals surface area contributed by atoms with Gasteiger partial charge < -0.3 is 9.64 Å². The number of rotatable bonds is 3. The number of alkyl halides is 6. The number of hydrogen-bond acceptors (Lipinski definition) is 5. The van der Waals surface area contributed by atoms with E-state index in [2.05, 4.69) is 9.97 Å². The van der Waals surface area contributed by atoms with Gasteiger partial charge in [-0.3, -0.25) is 14.9 Å². The Hall–Kier alpha value is -2.89. The van der Waals surface area contributed by atoms with E-state index < -0.39 is 41.2 Å². The van der Waals surface area contributed by atoms with Crippen LogP contribution in [0.15, 0.2) is 36.7 Å². The van der Waals surface area contributed by atoms with Crippen LogP contribution in [-0.2, 0) is 17.1 Å². The number of ether oxygens (including phenoxy) is 1. The molecule has 1 saturated heterocycles. The molecule has 0 N–H and O–H groups in total. The monoisotopic (exact) mass is 518 g/mol. The van der Waals surface area contributed by atoms with E-state index in [0.717, 1.165) is 12.1 Å². The van der Waals surface area contributed by atoms with Gasteiger partial charge in [-0.25, -0.2) is 4.79 Å². The molecule has 0 spiro atoms. The molecule has 0 bridgehead atoms. The molecule has 0 aromatic carbocycles. The number of halogens is 6. The Bertz CT molecular complexity index is 991. The zero-order valence-corrected chi connectivity index (χ0v) is 20.5. The van der Waals surface area contributed by atoms with Gasteiger partial charge in [-0.05, 0) is 58.9 Å². The summed E-state index contributed by atoms with van der Waals surface area (Å²) in [6.07, 6.45) is -8.30. The number of hydrogen-bond donors (Lipinski definition) is 0. The van der Waals surface area contributed by atoms with E-state index in [4.69, 9.17) is 4.74 Å². The van der Waals surface area contributed by atoms with E-state index in [-0.39, 0.29) is 36.6 Å². The smallest absolute Gasteiger partial charge is 0.417 e. The van der Waals surface area contributed by atoms with Gasteiger partial charge in [0.1, 0.15) is 5.60 Å². The largest absolute Gasteiger partial charge is 0.444 e. The van der Waals surface area contributed by atoms with Crippen LogP contribution in [0.25, 0.3) is 0 Å². The van der Waals surface area contributed by atoms with E-state index >= 15 is 0 Å². The van der Waals surface area contributed by atoms with Crippen LogP contribution in [0, 0.1) is 0 Å². The third kappa shape index (κ3) is 6.45. The van der Waals surface area contributed by atoms with Crippen LogP contribution in [0.4, 0.5) is 31.1 Å². The van der Waals surface area contributed by atoms with Crippen molar-refractivity contribution in [2.24, 2.45) is 0 Å². The Morgan fingerprint density at radius 3 is 1.69 bits per heavy atom. The summed E-state index contributed by atoms with van der Waals surface area (Å²) in [6, 6.07) is 2.62. The Balaban J connectivity index is 1.97. The molecule has 2 atom stereocenters. The van der Waals surface area contributed by atoms with Crippen LogP contribution in [0.1, 0.15) is 63.2 Å². The molecule has 1 fully saturated rings. The van der Waals surface area contributed by atoms with Gasteiger partial charge in [-0.2, -0.15) is 26.3 Å². The number of aromatic nitrogens is 2. The molecule has 0 radical (unpaired) electrons. The molecular formula is C24H28F6N4O2. The van der Waals surface area contributed by atoms with Crippen LogP contribution >= 0.6 is 0 Å². The Morgan fingerprint density at radius 1 is 0.861 bits per heavy atom. The predicted octanol–water partition coefficient (Wildman–Crippen LogP) is 5.93. The minimum atomic E-state index is -4.59. The number of amides is 1. The van der Waals surface area contributed by atoms with Crippen LogP contribution in [-0.4, -0.2) is 56.6 Å². The number of carbonyl (C=O) groups is 1. The maximum Gasteiger partial charge on any atom is 0.417 e. The van der Waals surface area contributed by atoms with Crippen LogP contribution in [0.3, 0.4) is 0 Å². The van der Waals surface area contributed by atoms with Gasteiger partial charge in [0.15, 0.2) is 0 Å². The average molecular weight is 519 g/mol. The first-order valence-electron chi connectivity index (χ1n) is 11.3. The summed E-state index contributed by atoms with van der Waals surface area (Å²) < 4.78 is 84.0. The highest BCUT2D eigenvalue weighted by Gasteiger charge is 2.40. The van der Waals surface area contributed by atoms with E-state index in [1.807, 2.05) is 11.8 Å². The standard InChI is InChI=1S/C24H28F6N4O2/c1-14-13-34(21(35)36-22(3,4)5)15(2)12-33(14)20(18-8-6-16(10-31-18)23(25,26)27)19-9-7-17(11-32-19)24(28,29)30/h6-11,14-15,20H,12-13H2,1-5H3/t14-,15+/m1/s1. The molecule has 198 valence electrons. The predicted molar refractivity (Wildman–Crippen MR) is 119 cm³/mol. The molecule has 36 heavy (non-hydrogen) atoms. The van der Waals surface area contributed by atoms with Crippen LogP contribution < -0.4 is 0 Å². The summed E-state index contributed by atoms with van der Waals surface area (Å²) in [5.41, 5.74) is -2.20. The topological polar surface area (TPSA) is 58.6 Å². The normalized spacial score (nSPS) is 20.1. The lowest BCUT2D eigenvalue weighted by atomic mass is 9.99. The second kappa shape index (κ2) is 9.87. The van der Waals surface area contributed by atoms with Crippen LogP contribution in [0.5, 0.6) is 0 Å². The molecule has 2 aromatic heterocycles. The van der Waals surface area contributed by atoms with Gasteiger partial charge in [-0.1, -0.05) is 0 Å². The molecular weight excluding hydrogens is 490 g/mol. The summed E-state index contributed by atoms with van der Waals surface area (Å²) in [5, 5.41) is 0. The second-order valence-electron chi connectivity index (χ2n) is 9.87. The molecule has 3 heterocycles. The Morgan fingerprint density at radius 2 is 1.33 bits per heavy atom. The minimum Gasteiger partial charge on any atom is -0.444 e. The lowest BCUT2D eigenvalue weighted by molar-refractivity contribution is -0.138. The Labute approximate surface area is 205 Å². The second-order valence-corrected chi connectivity index (χ2v) is 9.87. The molecule has 3 rings (SSSR count). The molecule has 12 heteroatoms. The first-order chi connectivity index (χ1) is 16.5. The summed E-state index contributed by atoms with van der Waals surface area (Å²) in [7, 11) is 0. The van der Waals surface area contributed by atoms with Gasteiger partial charge in [-0.15, -0.1) is 0 Å². The molecule has 2 aromatic rings. The molecule has 1 aliphatic heterocycles. The van der Waals surface area contributed by atoms with Crippen molar-refractivity contribution in [2.75, 3.05) is 13.1 Å². The summed E-state index contributed by atoms with van der Waals surface area (Å²) in [4.78, 5) is 24.1. The van der Waals surface area contributed by atoms with Gasteiger partial charge in [0.25, 0.3) is 0 Å². The maximum atomic E-state index is 13.1. The third-order valence-corrected chi connectivity index (χ3v) is 5.78. The number of pyridine rings is 2. The third-order valence-electron chi connectivity index (χ3n) is 5.78. The number of nitrogens with zero attached hydrogens (tertiary/aromatic N) is 4. The lowest BCUT2D eigenvalue weighted by Crippen LogP contribution is -2.59. The first kappa shape index (κ1) is 27.7. The van der Waals surface area contributed by atoms with Gasteiger partial charge in [0.05, 0.1) is 28.6 Å². The highest BCUT2D eigenvalue weighted by Crippen LogP contribution is 2.35. The van der Waals surface area contributed by atoms with E-state index in [1.165, 1.54) is 12.1 Å². The summed E-state index contributed by atoms with van der Waals surface area (Å²) >= 11 is 0. The van der Waals surface area contributed by atoms with Crippen molar-refractivity contribution >= 4 is 6.09 Å². The van der Waals surface area contributed by atoms with E-state index in [0.29, 0.717) is 12.4 Å². The number of carbonyl (C=O) groups excluding carboxylic acids is 1. The highest BCUT2D eigenvalue weighted by atomic mass is 19.4. The lowest BCUT2D eigenvalue weighted by Gasteiger charge is -2.46. The number of piperazine rings is 1. The summed E-state index contributed by atoms with van der Waals surface area (Å²) in [6.45, 7) is 9.34. The van der Waals surface area contributed by atoms with Crippen LogP contribution in [0.2, 0.25) is 0 Å². The molecule has 0 saturated carbocycles. The van der Waals surface area contributed by atoms with Crippen molar-refractivity contribution in [3.05, 3.63) is 59.2 Å². The fourth-order valence-electron chi connectivity index (χ4n) is 4.05. The first-order valence-corrected chi connectivity index (χ1v) is 11.3. The van der Waals surface area contributed by atoms with Crippen molar-refractivity contribution in [2.45, 2.75) is 70.7 Å². The van der Waals surface area contributed by atoms with Crippen molar-refractivity contribution in [1.29, 1.82) is 0 Å².